The predicted octanol–water partition coefficient (Wildman–Crippen LogP) is 2.27. The molecule has 1 aromatic heterocycles. The highest BCUT2D eigenvalue weighted by atomic mass is 16.6. The number of carboxylic acid groups (broad SMARTS) is 1. The molecule has 0 saturated carbocycles. The molecular weight excluding hydrogens is 298 g/mol. The molecular formula is C16H25N3O4. The van der Waals surface area contributed by atoms with Gasteiger partial charge in [-0.3, -0.25) is 0 Å². The Morgan fingerprint density at radius 3 is 2.57 bits per heavy atom. The second-order valence-corrected chi connectivity index (χ2v) is 6.41. The molecule has 0 radical (unpaired) electrons. The summed E-state index contributed by atoms with van der Waals surface area (Å²) in [6.07, 6.45) is 0.839. The lowest BCUT2D eigenvalue weighted by Gasteiger charge is -2.22. The number of aromatic nitrogens is 1. The first kappa shape index (κ1) is 18.7. The van der Waals surface area contributed by atoms with Gasteiger partial charge in [-0.05, 0) is 58.6 Å². The number of aliphatic carboxylic acids is 1. The summed E-state index contributed by atoms with van der Waals surface area (Å²) in [6.45, 7) is 7.02. The van der Waals surface area contributed by atoms with Crippen LogP contribution in [0.1, 0.15) is 44.9 Å². The fourth-order valence-electron chi connectivity index (χ4n) is 2.08. The van der Waals surface area contributed by atoms with Gasteiger partial charge < -0.3 is 20.9 Å². The summed E-state index contributed by atoms with van der Waals surface area (Å²) in [5.41, 5.74) is 6.78. The number of nitrogen functional groups attached to an aromatic ring is 1. The zero-order valence-electron chi connectivity index (χ0n) is 14.0. The van der Waals surface area contributed by atoms with Gasteiger partial charge >= 0.3 is 12.1 Å². The molecule has 1 atom stereocenters. The number of carboxylic acids is 1. The van der Waals surface area contributed by atoms with Crippen molar-refractivity contribution in [3.8, 4) is 0 Å². The lowest BCUT2D eigenvalue weighted by Crippen LogP contribution is -2.43. The van der Waals surface area contributed by atoms with Crippen LogP contribution in [0.5, 0.6) is 0 Å². The molecule has 1 amide bonds. The smallest absolute Gasteiger partial charge is 0.408 e. The Morgan fingerprint density at radius 2 is 2.04 bits per heavy atom. The van der Waals surface area contributed by atoms with Crippen molar-refractivity contribution < 1.29 is 19.4 Å². The van der Waals surface area contributed by atoms with Crippen LogP contribution < -0.4 is 11.1 Å². The molecule has 1 aromatic rings. The molecule has 0 fully saturated rings. The lowest BCUT2D eigenvalue weighted by atomic mass is 10.0. The molecule has 4 N–H and O–H groups in total. The van der Waals surface area contributed by atoms with Gasteiger partial charge in [0.05, 0.1) is 0 Å². The predicted molar refractivity (Wildman–Crippen MR) is 87.1 cm³/mol. The van der Waals surface area contributed by atoms with Crippen molar-refractivity contribution in [2.45, 2.75) is 58.6 Å². The van der Waals surface area contributed by atoms with Gasteiger partial charge in [0.2, 0.25) is 0 Å². The van der Waals surface area contributed by atoms with E-state index in [1.807, 2.05) is 13.0 Å². The molecule has 0 aliphatic rings. The van der Waals surface area contributed by atoms with Crippen molar-refractivity contribution in [2.24, 2.45) is 0 Å². The van der Waals surface area contributed by atoms with Crippen LogP contribution in [0.4, 0.5) is 10.6 Å². The van der Waals surface area contributed by atoms with Crippen LogP contribution in [0.2, 0.25) is 0 Å². The maximum absolute atomic E-state index is 11.7. The third-order valence-electron chi connectivity index (χ3n) is 3.14. The topological polar surface area (TPSA) is 115 Å². The maximum Gasteiger partial charge on any atom is 0.408 e. The monoisotopic (exact) mass is 323 g/mol. The van der Waals surface area contributed by atoms with Crippen molar-refractivity contribution in [1.82, 2.24) is 10.3 Å². The Balaban J connectivity index is 2.53. The summed E-state index contributed by atoms with van der Waals surface area (Å²) in [5, 5.41) is 11.6. The zero-order chi connectivity index (χ0) is 17.6. The minimum atomic E-state index is -1.08. The second-order valence-electron chi connectivity index (χ2n) is 6.41. The molecule has 0 saturated heterocycles. The van der Waals surface area contributed by atoms with Crippen LogP contribution in [-0.2, 0) is 16.0 Å². The first-order chi connectivity index (χ1) is 10.6. The van der Waals surface area contributed by atoms with E-state index in [-0.39, 0.29) is 0 Å². The standard InChI is InChI=1S/C16H25N3O4/c1-10-11(8-9-13(17)18-10)6-5-7-12(14(20)21)19-15(22)23-16(2,3)4/h8-9,12H,5-7H2,1-4H3,(H2,17,18)(H,19,22)(H,20,21). The number of nitrogens with two attached hydrogens (primary N) is 1. The van der Waals surface area contributed by atoms with Crippen LogP contribution in [0.25, 0.3) is 0 Å². The minimum Gasteiger partial charge on any atom is -0.480 e. The van der Waals surface area contributed by atoms with E-state index in [0.29, 0.717) is 25.1 Å². The first-order valence-electron chi connectivity index (χ1n) is 7.53. The van der Waals surface area contributed by atoms with Crippen molar-refractivity contribution in [3.05, 3.63) is 23.4 Å². The molecule has 7 heteroatoms. The Labute approximate surface area is 136 Å². The summed E-state index contributed by atoms with van der Waals surface area (Å²) >= 11 is 0. The van der Waals surface area contributed by atoms with Crippen LogP contribution in [-0.4, -0.2) is 33.8 Å². The molecule has 1 unspecified atom stereocenters. The average molecular weight is 323 g/mol. The van der Waals surface area contributed by atoms with E-state index in [9.17, 15) is 14.7 Å². The Morgan fingerprint density at radius 1 is 1.39 bits per heavy atom. The van der Waals surface area contributed by atoms with Gasteiger partial charge in [0.1, 0.15) is 17.5 Å². The van der Waals surface area contributed by atoms with Crippen LogP contribution in [0.15, 0.2) is 12.1 Å². The summed E-state index contributed by atoms with van der Waals surface area (Å²) < 4.78 is 5.08. The highest BCUT2D eigenvalue weighted by Gasteiger charge is 2.23. The SMILES string of the molecule is Cc1nc(N)ccc1CCCC(NC(=O)OC(C)(C)C)C(=O)O. The Kier molecular flexibility index (Phi) is 6.36. The molecule has 0 spiro atoms. The number of ether oxygens (including phenoxy) is 1. The third-order valence-corrected chi connectivity index (χ3v) is 3.14. The molecule has 1 heterocycles. The Bertz CT molecular complexity index is 567. The Hall–Kier alpha value is -2.31. The highest BCUT2D eigenvalue weighted by molar-refractivity contribution is 5.79. The van der Waals surface area contributed by atoms with Gasteiger partial charge in [-0.15, -0.1) is 0 Å². The van der Waals surface area contributed by atoms with Gasteiger partial charge in [0.15, 0.2) is 0 Å². The van der Waals surface area contributed by atoms with Gasteiger partial charge in [-0.25, -0.2) is 14.6 Å². The second kappa shape index (κ2) is 7.80. The number of hydrogen-bond acceptors (Lipinski definition) is 5. The number of nitrogens with one attached hydrogen (secondary N) is 1. The molecule has 0 bridgehead atoms. The van der Waals surface area contributed by atoms with E-state index in [4.69, 9.17) is 10.5 Å². The molecule has 7 nitrogen and oxygen atoms in total. The van der Waals surface area contributed by atoms with E-state index < -0.39 is 23.7 Å². The van der Waals surface area contributed by atoms with Crippen molar-refractivity contribution in [3.63, 3.8) is 0 Å². The fraction of sp³-hybridized carbons (Fsp3) is 0.562. The summed E-state index contributed by atoms with van der Waals surface area (Å²) in [6, 6.07) is 2.62. The molecule has 0 aliphatic carbocycles. The summed E-state index contributed by atoms with van der Waals surface area (Å²) in [4.78, 5) is 27.1. The number of aryl methyl sites for hydroxylation is 2. The van der Waals surface area contributed by atoms with Crippen molar-refractivity contribution in [1.29, 1.82) is 0 Å². The van der Waals surface area contributed by atoms with Crippen molar-refractivity contribution >= 4 is 17.9 Å². The van der Waals surface area contributed by atoms with Gasteiger partial charge in [-0.2, -0.15) is 0 Å². The van der Waals surface area contributed by atoms with Gasteiger partial charge in [-0.1, -0.05) is 6.07 Å². The molecule has 1 rings (SSSR count). The van der Waals surface area contributed by atoms with E-state index in [1.165, 1.54) is 0 Å². The average Bonchev–Trinajstić information content (AvgIpc) is 2.37. The highest BCUT2D eigenvalue weighted by Crippen LogP contribution is 2.13. The number of nitrogens with zero attached hydrogens (tertiary/aromatic N) is 1. The minimum absolute atomic E-state index is 0.304. The molecule has 0 aromatic carbocycles. The number of pyridine rings is 1. The van der Waals surface area contributed by atoms with Crippen molar-refractivity contribution in [2.75, 3.05) is 5.73 Å². The number of rotatable bonds is 6. The van der Waals surface area contributed by atoms with Crippen LogP contribution >= 0.6 is 0 Å². The van der Waals surface area contributed by atoms with E-state index in [1.54, 1.807) is 26.8 Å². The normalized spacial score (nSPS) is 12.5. The summed E-state index contributed by atoms with van der Waals surface area (Å²) in [5.74, 6) is -0.621. The quantitative estimate of drug-likeness (QED) is 0.740. The third kappa shape index (κ3) is 6.99. The van der Waals surface area contributed by atoms with E-state index in [0.717, 1.165) is 11.3 Å². The molecule has 128 valence electrons. The number of amides is 1. The van der Waals surface area contributed by atoms with Gasteiger partial charge in [0.25, 0.3) is 0 Å². The van der Waals surface area contributed by atoms with E-state index in [2.05, 4.69) is 10.3 Å². The number of carbonyl (C=O) groups is 2. The fourth-order valence-corrected chi connectivity index (χ4v) is 2.08. The van der Waals surface area contributed by atoms with E-state index >= 15 is 0 Å². The molecule has 0 aliphatic heterocycles. The number of hydrogen-bond donors (Lipinski definition) is 3. The maximum atomic E-state index is 11.7. The number of anilines is 1. The largest absolute Gasteiger partial charge is 0.480 e. The number of carbonyl (C=O) groups excluding carboxylic acids is 1. The zero-order valence-corrected chi connectivity index (χ0v) is 14.0. The first-order valence-corrected chi connectivity index (χ1v) is 7.53. The van der Waals surface area contributed by atoms with Gasteiger partial charge in [0, 0.05) is 5.69 Å². The molecule has 23 heavy (non-hydrogen) atoms. The summed E-state index contributed by atoms with van der Waals surface area (Å²) in [7, 11) is 0. The van der Waals surface area contributed by atoms with Crippen LogP contribution in [0.3, 0.4) is 0 Å². The number of alkyl carbamates (subject to hydrolysis) is 1. The van der Waals surface area contributed by atoms with Crippen LogP contribution in [0, 0.1) is 6.92 Å². The lowest BCUT2D eigenvalue weighted by molar-refractivity contribution is -0.139.